The molecule has 1 aliphatic rings. The molecular weight excluding hydrogens is 128 g/mol. The second kappa shape index (κ2) is 3.35. The molecule has 0 radical (unpaired) electrons. The molecule has 0 unspecified atom stereocenters. The van der Waals surface area contributed by atoms with Gasteiger partial charge in [-0.05, 0) is 20.3 Å². The first-order valence-electron chi connectivity index (χ1n) is 4.05. The molecule has 0 aromatic carbocycles. The van der Waals surface area contributed by atoms with E-state index in [9.17, 15) is 0 Å². The third kappa shape index (κ3) is 1.70. The van der Waals surface area contributed by atoms with E-state index in [1.807, 2.05) is 0 Å². The Bertz CT molecular complexity index is 93.4. The Kier molecular flexibility index (Phi) is 2.69. The van der Waals surface area contributed by atoms with Crippen LogP contribution >= 0.6 is 0 Å². The summed E-state index contributed by atoms with van der Waals surface area (Å²) in [6, 6.07) is 0. The van der Waals surface area contributed by atoms with E-state index in [1.165, 1.54) is 0 Å². The Morgan fingerprint density at radius 2 is 1.60 bits per heavy atom. The molecule has 1 aliphatic heterocycles. The molecule has 60 valence electrons. The zero-order valence-electron chi connectivity index (χ0n) is 6.96. The van der Waals surface area contributed by atoms with E-state index in [0.29, 0.717) is 0 Å². The summed E-state index contributed by atoms with van der Waals surface area (Å²) in [5.41, 5.74) is 0. The van der Waals surface area contributed by atoms with E-state index in [0.717, 1.165) is 12.8 Å². The Morgan fingerprint density at radius 3 is 2.00 bits per heavy atom. The van der Waals surface area contributed by atoms with Crippen LogP contribution in [0.15, 0.2) is 0 Å². The summed E-state index contributed by atoms with van der Waals surface area (Å²) in [6.45, 7) is 6.25. The van der Waals surface area contributed by atoms with Crippen LogP contribution < -0.4 is 0 Å². The molecule has 2 nitrogen and oxygen atoms in total. The molecule has 1 heterocycles. The maximum atomic E-state index is 5.49. The van der Waals surface area contributed by atoms with Crippen molar-refractivity contribution < 1.29 is 9.47 Å². The molecule has 10 heavy (non-hydrogen) atoms. The average Bonchev–Trinajstić information content (AvgIpc) is 2.14. The van der Waals surface area contributed by atoms with Crippen LogP contribution in [0.25, 0.3) is 0 Å². The van der Waals surface area contributed by atoms with Gasteiger partial charge in [0.25, 0.3) is 0 Å². The number of ether oxygens (including phenoxy) is 2. The highest BCUT2D eigenvalue weighted by atomic mass is 16.7. The smallest absolute Gasteiger partial charge is 0.158 e. The number of hydrogen-bond donors (Lipinski definition) is 0. The van der Waals surface area contributed by atoms with E-state index < -0.39 is 0 Å². The minimum absolute atomic E-state index is 0.0648. The molecule has 0 aliphatic carbocycles. The lowest BCUT2D eigenvalue weighted by Gasteiger charge is -2.06. The van der Waals surface area contributed by atoms with Crippen LogP contribution in [0.1, 0.15) is 33.6 Å². The summed E-state index contributed by atoms with van der Waals surface area (Å²) < 4.78 is 11.0. The molecule has 0 N–H and O–H groups in total. The summed E-state index contributed by atoms with van der Waals surface area (Å²) in [6.07, 6.45) is 2.77. The van der Waals surface area contributed by atoms with Crippen molar-refractivity contribution in [1.29, 1.82) is 0 Å². The van der Waals surface area contributed by atoms with Crippen LogP contribution in [0.3, 0.4) is 0 Å². The first kappa shape index (κ1) is 8.02. The highest BCUT2D eigenvalue weighted by Gasteiger charge is 2.28. The summed E-state index contributed by atoms with van der Waals surface area (Å²) in [5.74, 6) is 0. The van der Waals surface area contributed by atoms with Crippen molar-refractivity contribution in [3.63, 3.8) is 0 Å². The van der Waals surface area contributed by atoms with Gasteiger partial charge < -0.3 is 9.47 Å². The van der Waals surface area contributed by atoms with Crippen LogP contribution in [-0.2, 0) is 9.47 Å². The molecule has 0 bridgehead atoms. The monoisotopic (exact) mass is 144 g/mol. The van der Waals surface area contributed by atoms with Gasteiger partial charge in [-0.15, -0.1) is 0 Å². The SMILES string of the molecule is CCCC1O[C@H](C)[C@@H](C)O1. The first-order chi connectivity index (χ1) is 4.74. The zero-order chi connectivity index (χ0) is 7.56. The fourth-order valence-corrected chi connectivity index (χ4v) is 1.10. The van der Waals surface area contributed by atoms with Crippen LogP contribution in [0.4, 0.5) is 0 Å². The molecule has 1 rings (SSSR count). The number of hydrogen-bond acceptors (Lipinski definition) is 2. The maximum absolute atomic E-state index is 5.49. The average molecular weight is 144 g/mol. The quantitative estimate of drug-likeness (QED) is 0.589. The van der Waals surface area contributed by atoms with Gasteiger partial charge in [0.15, 0.2) is 6.29 Å². The van der Waals surface area contributed by atoms with Crippen LogP contribution in [0.2, 0.25) is 0 Å². The molecule has 0 saturated carbocycles. The van der Waals surface area contributed by atoms with Gasteiger partial charge in [-0.1, -0.05) is 13.3 Å². The van der Waals surface area contributed by atoms with E-state index in [4.69, 9.17) is 9.47 Å². The fraction of sp³-hybridized carbons (Fsp3) is 1.00. The van der Waals surface area contributed by atoms with Gasteiger partial charge in [0.1, 0.15) is 0 Å². The third-order valence-corrected chi connectivity index (χ3v) is 1.92. The molecule has 2 atom stereocenters. The van der Waals surface area contributed by atoms with Crippen molar-refractivity contribution in [3.05, 3.63) is 0 Å². The summed E-state index contributed by atoms with van der Waals surface area (Å²) in [7, 11) is 0. The lowest BCUT2D eigenvalue weighted by atomic mass is 10.3. The second-order valence-electron chi connectivity index (χ2n) is 2.90. The zero-order valence-corrected chi connectivity index (χ0v) is 6.96. The summed E-state index contributed by atoms with van der Waals surface area (Å²) >= 11 is 0. The fourth-order valence-electron chi connectivity index (χ4n) is 1.10. The van der Waals surface area contributed by atoms with E-state index in [1.54, 1.807) is 0 Å². The van der Waals surface area contributed by atoms with Crippen molar-refractivity contribution in [2.24, 2.45) is 0 Å². The lowest BCUT2D eigenvalue weighted by molar-refractivity contribution is -0.0670. The predicted molar refractivity (Wildman–Crippen MR) is 39.8 cm³/mol. The van der Waals surface area contributed by atoms with Crippen LogP contribution in [0, 0.1) is 0 Å². The second-order valence-corrected chi connectivity index (χ2v) is 2.90. The highest BCUT2D eigenvalue weighted by Crippen LogP contribution is 2.20. The van der Waals surface area contributed by atoms with Gasteiger partial charge in [-0.25, -0.2) is 0 Å². The third-order valence-electron chi connectivity index (χ3n) is 1.92. The van der Waals surface area contributed by atoms with Crippen molar-refractivity contribution >= 4 is 0 Å². The minimum atomic E-state index is 0.0648. The van der Waals surface area contributed by atoms with Crippen LogP contribution in [-0.4, -0.2) is 18.5 Å². The molecule has 0 spiro atoms. The molecule has 2 heteroatoms. The Balaban J connectivity index is 2.27. The van der Waals surface area contributed by atoms with Gasteiger partial charge >= 0.3 is 0 Å². The van der Waals surface area contributed by atoms with Gasteiger partial charge in [-0.2, -0.15) is 0 Å². The normalized spacial score (nSPS) is 35.1. The summed E-state index contributed by atoms with van der Waals surface area (Å²) in [5, 5.41) is 0. The first-order valence-corrected chi connectivity index (χ1v) is 4.05. The van der Waals surface area contributed by atoms with Gasteiger partial charge in [0.2, 0.25) is 0 Å². The minimum Gasteiger partial charge on any atom is -0.347 e. The van der Waals surface area contributed by atoms with Crippen molar-refractivity contribution in [1.82, 2.24) is 0 Å². The molecule has 0 aromatic rings. The number of rotatable bonds is 2. The van der Waals surface area contributed by atoms with Crippen molar-refractivity contribution in [2.75, 3.05) is 0 Å². The van der Waals surface area contributed by atoms with Crippen LogP contribution in [0.5, 0.6) is 0 Å². The molecule has 0 amide bonds. The van der Waals surface area contributed by atoms with Gasteiger partial charge in [-0.3, -0.25) is 0 Å². The van der Waals surface area contributed by atoms with Crippen molar-refractivity contribution in [2.45, 2.75) is 52.1 Å². The van der Waals surface area contributed by atoms with E-state index >= 15 is 0 Å². The molecule has 1 saturated heterocycles. The van der Waals surface area contributed by atoms with Gasteiger partial charge in [0.05, 0.1) is 12.2 Å². The topological polar surface area (TPSA) is 18.5 Å². The van der Waals surface area contributed by atoms with E-state index in [2.05, 4.69) is 20.8 Å². The predicted octanol–water partition coefficient (Wildman–Crippen LogP) is 1.94. The Labute approximate surface area is 62.5 Å². The standard InChI is InChI=1S/C8H16O2/c1-4-5-8-9-6(2)7(3)10-8/h6-8H,4-5H2,1-3H3/t6-,7-/m1/s1. The largest absolute Gasteiger partial charge is 0.347 e. The highest BCUT2D eigenvalue weighted by molar-refractivity contribution is 4.68. The van der Waals surface area contributed by atoms with Gasteiger partial charge in [0, 0.05) is 0 Å². The Morgan fingerprint density at radius 1 is 1.10 bits per heavy atom. The molecule has 1 fully saturated rings. The van der Waals surface area contributed by atoms with E-state index in [-0.39, 0.29) is 18.5 Å². The summed E-state index contributed by atoms with van der Waals surface area (Å²) in [4.78, 5) is 0. The maximum Gasteiger partial charge on any atom is 0.158 e. The Hall–Kier alpha value is -0.0800. The molecule has 0 aromatic heterocycles. The molecular formula is C8H16O2. The lowest BCUT2D eigenvalue weighted by Crippen LogP contribution is -2.13. The van der Waals surface area contributed by atoms with Crippen molar-refractivity contribution in [3.8, 4) is 0 Å².